The van der Waals surface area contributed by atoms with Crippen LogP contribution in [0.3, 0.4) is 0 Å². The number of aromatic amines is 1. The molecule has 0 saturated carbocycles. The first-order valence-electron chi connectivity index (χ1n) is 11.4. The first-order chi connectivity index (χ1) is 17.5. The molecular weight excluding hydrogens is 461 g/mol. The van der Waals surface area contributed by atoms with Crippen molar-refractivity contribution in [2.24, 2.45) is 0 Å². The van der Waals surface area contributed by atoms with Crippen LogP contribution in [-0.4, -0.2) is 39.0 Å². The molecule has 0 aliphatic rings. The molecule has 0 bridgehead atoms. The van der Waals surface area contributed by atoms with Gasteiger partial charge in [-0.2, -0.15) is 10.2 Å². The van der Waals surface area contributed by atoms with Crippen molar-refractivity contribution in [2.75, 3.05) is 7.11 Å². The minimum atomic E-state index is -0.521. The van der Waals surface area contributed by atoms with E-state index in [1.807, 2.05) is 49.4 Å². The van der Waals surface area contributed by atoms with Gasteiger partial charge >= 0.3 is 0 Å². The van der Waals surface area contributed by atoms with Crippen LogP contribution in [-0.2, 0) is 0 Å². The Balaban J connectivity index is 1.44. The summed E-state index contributed by atoms with van der Waals surface area (Å²) in [5, 5.41) is 14.9. The van der Waals surface area contributed by atoms with Crippen LogP contribution in [0.2, 0.25) is 0 Å². The van der Waals surface area contributed by atoms with E-state index in [-0.39, 0.29) is 11.7 Å². The third kappa shape index (κ3) is 4.76. The highest BCUT2D eigenvalue weighted by molar-refractivity contribution is 5.92. The maximum atomic E-state index is 13.3. The summed E-state index contributed by atoms with van der Waals surface area (Å²) in [6.45, 7) is 1.87. The van der Waals surface area contributed by atoms with Crippen molar-refractivity contribution in [1.82, 2.24) is 25.3 Å². The van der Waals surface area contributed by atoms with Crippen LogP contribution >= 0.6 is 0 Å². The highest BCUT2D eigenvalue weighted by Gasteiger charge is 2.25. The maximum absolute atomic E-state index is 13.3. The number of hydrogen-bond acceptors (Lipinski definition) is 5. The zero-order chi connectivity index (χ0) is 25.1. The second-order valence-electron chi connectivity index (χ2n) is 8.29. The summed E-state index contributed by atoms with van der Waals surface area (Å²) in [5.74, 6) is 0.678. The SMILES string of the molecule is COc1cccc([C@H](Oc2ccc3c(cnn3-c3ccc(F)cc3)c2)[C@H](C)NC(=O)c2cc[nH]n2)c1. The van der Waals surface area contributed by atoms with Crippen molar-refractivity contribution in [3.05, 3.63) is 102 Å². The Morgan fingerprint density at radius 1 is 1.06 bits per heavy atom. The molecular formula is C27H24FN5O3. The summed E-state index contributed by atoms with van der Waals surface area (Å²) in [6, 6.07) is 20.5. The first kappa shape index (κ1) is 23.1. The smallest absolute Gasteiger partial charge is 0.272 e. The molecule has 36 heavy (non-hydrogen) atoms. The molecule has 2 atom stereocenters. The molecule has 0 aliphatic heterocycles. The molecule has 1 amide bonds. The highest BCUT2D eigenvalue weighted by atomic mass is 19.1. The molecule has 0 unspecified atom stereocenters. The number of fused-ring (bicyclic) bond motifs is 1. The second-order valence-corrected chi connectivity index (χ2v) is 8.29. The number of benzene rings is 3. The number of aromatic nitrogens is 4. The van der Waals surface area contributed by atoms with Crippen LogP contribution < -0.4 is 14.8 Å². The Bertz CT molecular complexity index is 1480. The minimum absolute atomic E-state index is 0.292. The van der Waals surface area contributed by atoms with Crippen molar-refractivity contribution in [3.8, 4) is 17.2 Å². The topological polar surface area (TPSA) is 94.1 Å². The number of carbonyl (C=O) groups excluding carboxylic acids is 1. The van der Waals surface area contributed by atoms with Gasteiger partial charge in [-0.05, 0) is 73.2 Å². The number of nitrogens with zero attached hydrogens (tertiary/aromatic N) is 3. The van der Waals surface area contributed by atoms with Crippen molar-refractivity contribution in [2.45, 2.75) is 19.1 Å². The summed E-state index contributed by atoms with van der Waals surface area (Å²) in [5.41, 5.74) is 2.74. The molecule has 3 aromatic carbocycles. The molecule has 0 saturated heterocycles. The molecule has 8 nitrogen and oxygen atoms in total. The Labute approximate surface area is 206 Å². The van der Waals surface area contributed by atoms with Crippen LogP contribution in [0.25, 0.3) is 16.6 Å². The lowest BCUT2D eigenvalue weighted by Gasteiger charge is -2.26. The highest BCUT2D eigenvalue weighted by Crippen LogP contribution is 2.30. The number of carbonyl (C=O) groups is 1. The fourth-order valence-electron chi connectivity index (χ4n) is 4.04. The average molecular weight is 486 g/mol. The van der Waals surface area contributed by atoms with Crippen molar-refractivity contribution < 1.29 is 18.7 Å². The van der Waals surface area contributed by atoms with E-state index in [1.54, 1.807) is 42.4 Å². The quantitative estimate of drug-likeness (QED) is 0.328. The molecule has 9 heteroatoms. The number of halogens is 1. The number of hydrogen-bond donors (Lipinski definition) is 2. The van der Waals surface area contributed by atoms with Crippen molar-refractivity contribution >= 4 is 16.8 Å². The molecule has 2 aromatic heterocycles. The molecule has 0 spiro atoms. The van der Waals surface area contributed by atoms with Gasteiger partial charge in [0.05, 0.1) is 30.6 Å². The Kier molecular flexibility index (Phi) is 6.36. The van der Waals surface area contributed by atoms with E-state index in [2.05, 4.69) is 20.6 Å². The minimum Gasteiger partial charge on any atom is -0.497 e. The third-order valence-electron chi connectivity index (χ3n) is 5.84. The summed E-state index contributed by atoms with van der Waals surface area (Å²) in [7, 11) is 1.60. The Hall–Kier alpha value is -4.66. The first-order valence-corrected chi connectivity index (χ1v) is 11.4. The zero-order valence-corrected chi connectivity index (χ0v) is 19.7. The molecule has 0 radical (unpaired) electrons. The van der Waals surface area contributed by atoms with Crippen molar-refractivity contribution in [1.29, 1.82) is 0 Å². The predicted molar refractivity (Wildman–Crippen MR) is 133 cm³/mol. The normalized spacial score (nSPS) is 12.8. The van der Waals surface area contributed by atoms with Gasteiger partial charge in [0.15, 0.2) is 0 Å². The summed E-state index contributed by atoms with van der Waals surface area (Å²) in [6.07, 6.45) is 2.80. The predicted octanol–water partition coefficient (Wildman–Crippen LogP) is 4.83. The van der Waals surface area contributed by atoms with Gasteiger partial charge in [0.2, 0.25) is 0 Å². The molecule has 5 aromatic rings. The van der Waals surface area contributed by atoms with Crippen molar-refractivity contribution in [3.63, 3.8) is 0 Å². The van der Waals surface area contributed by atoms with Crippen LogP contribution in [0.5, 0.6) is 11.5 Å². The number of rotatable bonds is 8. The van der Waals surface area contributed by atoms with Crippen LogP contribution in [0.1, 0.15) is 29.1 Å². The fourth-order valence-corrected chi connectivity index (χ4v) is 4.04. The summed E-state index contributed by atoms with van der Waals surface area (Å²) >= 11 is 0. The van der Waals surface area contributed by atoms with E-state index >= 15 is 0 Å². The Morgan fingerprint density at radius 2 is 1.89 bits per heavy atom. The summed E-state index contributed by atoms with van der Waals surface area (Å²) in [4.78, 5) is 12.7. The van der Waals surface area contributed by atoms with Gasteiger partial charge in [0.25, 0.3) is 5.91 Å². The van der Waals surface area contributed by atoms with Gasteiger partial charge in [-0.25, -0.2) is 9.07 Å². The summed E-state index contributed by atoms with van der Waals surface area (Å²) < 4.78 is 26.9. The number of methoxy groups -OCH3 is 1. The number of H-pyrrole nitrogens is 1. The third-order valence-corrected chi connectivity index (χ3v) is 5.84. The second kappa shape index (κ2) is 9.91. The van der Waals surface area contributed by atoms with Gasteiger partial charge in [-0.15, -0.1) is 0 Å². The van der Waals surface area contributed by atoms with Crippen LogP contribution in [0.15, 0.2) is 85.2 Å². The maximum Gasteiger partial charge on any atom is 0.272 e. The molecule has 2 N–H and O–H groups in total. The van der Waals surface area contributed by atoms with Gasteiger partial charge in [0.1, 0.15) is 29.1 Å². The fraction of sp³-hybridized carbons (Fsp3) is 0.148. The zero-order valence-electron chi connectivity index (χ0n) is 19.7. The van der Waals surface area contributed by atoms with E-state index in [1.165, 1.54) is 12.1 Å². The van der Waals surface area contributed by atoms with Gasteiger partial charge < -0.3 is 14.8 Å². The van der Waals surface area contributed by atoms with Gasteiger partial charge in [-0.1, -0.05) is 12.1 Å². The Morgan fingerprint density at radius 3 is 2.64 bits per heavy atom. The molecule has 0 aliphatic carbocycles. The monoisotopic (exact) mass is 485 g/mol. The van der Waals surface area contributed by atoms with E-state index in [0.29, 0.717) is 17.2 Å². The van der Waals surface area contributed by atoms with Gasteiger partial charge in [0, 0.05) is 11.6 Å². The number of ether oxygens (including phenoxy) is 2. The van der Waals surface area contributed by atoms with Crippen LogP contribution in [0.4, 0.5) is 4.39 Å². The standard InChI is InChI=1S/C27H24FN5O3/c1-17(31-27(34)24-12-13-29-32-24)26(18-4-3-5-22(14-18)35-2)36-23-10-11-25-19(15-23)16-30-33(25)21-8-6-20(28)7-9-21/h3-17,26H,1-2H3,(H,29,32)(H,31,34)/t17-,26+/m0/s1. The van der Waals surface area contributed by atoms with E-state index < -0.39 is 12.1 Å². The van der Waals surface area contributed by atoms with Crippen LogP contribution in [0, 0.1) is 5.82 Å². The largest absolute Gasteiger partial charge is 0.497 e. The van der Waals surface area contributed by atoms with E-state index in [0.717, 1.165) is 22.2 Å². The lowest BCUT2D eigenvalue weighted by molar-refractivity contribution is 0.0877. The molecule has 0 fully saturated rings. The number of amides is 1. The lowest BCUT2D eigenvalue weighted by atomic mass is 10.0. The average Bonchev–Trinajstić information content (AvgIpc) is 3.58. The lowest BCUT2D eigenvalue weighted by Crippen LogP contribution is -2.39. The molecule has 182 valence electrons. The van der Waals surface area contributed by atoms with Gasteiger partial charge in [-0.3, -0.25) is 9.89 Å². The van der Waals surface area contributed by atoms with E-state index in [9.17, 15) is 9.18 Å². The molecule has 5 rings (SSSR count). The van der Waals surface area contributed by atoms with E-state index in [4.69, 9.17) is 9.47 Å². The number of nitrogens with one attached hydrogen (secondary N) is 2. The molecule has 2 heterocycles.